The van der Waals surface area contributed by atoms with Crippen molar-refractivity contribution in [3.05, 3.63) is 52.3 Å². The normalized spacial score (nSPS) is 14.6. The number of hydrogen-bond acceptors (Lipinski definition) is 1. The van der Waals surface area contributed by atoms with Crippen LogP contribution in [0.3, 0.4) is 0 Å². The molecule has 0 radical (unpaired) electrons. The zero-order valence-corrected chi connectivity index (χ0v) is 10.7. The Balaban J connectivity index is 2.21. The Hall–Kier alpha value is -1.68. The molecule has 2 nitrogen and oxygen atoms in total. The Labute approximate surface area is 113 Å². The summed E-state index contributed by atoms with van der Waals surface area (Å²) in [4.78, 5) is 11.8. The van der Waals surface area contributed by atoms with Gasteiger partial charge in [-0.2, -0.15) is 0 Å². The molecule has 1 aromatic carbocycles. The van der Waals surface area contributed by atoms with Crippen molar-refractivity contribution in [2.75, 3.05) is 0 Å². The van der Waals surface area contributed by atoms with Gasteiger partial charge in [0.15, 0.2) is 11.6 Å². The highest BCUT2D eigenvalue weighted by Crippen LogP contribution is 2.30. The Morgan fingerprint density at radius 3 is 2.74 bits per heavy atom. The molecule has 1 aliphatic carbocycles. The Morgan fingerprint density at radius 1 is 1.21 bits per heavy atom. The molecule has 1 aromatic heterocycles. The van der Waals surface area contributed by atoms with Crippen LogP contribution < -0.4 is 0 Å². The maximum Gasteiger partial charge on any atom is 0.164 e. The van der Waals surface area contributed by atoms with Crippen LogP contribution in [0.2, 0.25) is 5.02 Å². The van der Waals surface area contributed by atoms with E-state index in [1.165, 1.54) is 0 Å². The summed E-state index contributed by atoms with van der Waals surface area (Å²) in [5.74, 6) is -1.40. The average Bonchev–Trinajstić information content (AvgIpc) is 2.73. The first-order valence-corrected chi connectivity index (χ1v) is 6.34. The SMILES string of the molecule is O=C1CCCc2c1ccn2-c1c(F)cc(F)cc1Cl. The molecule has 3 rings (SSSR count). The van der Waals surface area contributed by atoms with Crippen LogP contribution in [0.1, 0.15) is 28.9 Å². The van der Waals surface area contributed by atoms with E-state index in [9.17, 15) is 13.6 Å². The molecular weight excluding hydrogens is 272 g/mol. The summed E-state index contributed by atoms with van der Waals surface area (Å²) < 4.78 is 28.5. The van der Waals surface area contributed by atoms with E-state index in [0.29, 0.717) is 18.4 Å². The van der Waals surface area contributed by atoms with Crippen molar-refractivity contribution in [3.63, 3.8) is 0 Å². The molecule has 0 spiro atoms. The number of carbonyl (C=O) groups excluding carboxylic acids is 1. The minimum Gasteiger partial charge on any atom is -0.316 e. The molecule has 0 fully saturated rings. The first-order chi connectivity index (χ1) is 9.08. The number of ketones is 1. The van der Waals surface area contributed by atoms with Crippen molar-refractivity contribution in [2.24, 2.45) is 0 Å². The zero-order chi connectivity index (χ0) is 13.6. The summed E-state index contributed by atoms with van der Waals surface area (Å²) in [6.07, 6.45) is 3.53. The van der Waals surface area contributed by atoms with E-state index in [0.717, 1.165) is 24.2 Å². The number of hydrogen-bond donors (Lipinski definition) is 0. The first-order valence-electron chi connectivity index (χ1n) is 5.96. The van der Waals surface area contributed by atoms with Crippen LogP contribution in [0.15, 0.2) is 24.4 Å². The minimum atomic E-state index is -0.735. The van der Waals surface area contributed by atoms with Gasteiger partial charge >= 0.3 is 0 Å². The number of fused-ring (bicyclic) bond motifs is 1. The van der Waals surface area contributed by atoms with Gasteiger partial charge in [-0.05, 0) is 25.0 Å². The lowest BCUT2D eigenvalue weighted by Gasteiger charge is -2.16. The van der Waals surface area contributed by atoms with Gasteiger partial charge in [-0.1, -0.05) is 11.6 Å². The lowest BCUT2D eigenvalue weighted by molar-refractivity contribution is 0.0972. The number of rotatable bonds is 1. The molecule has 98 valence electrons. The molecule has 0 bridgehead atoms. The van der Waals surface area contributed by atoms with E-state index in [-0.39, 0.29) is 16.5 Å². The van der Waals surface area contributed by atoms with Gasteiger partial charge in [-0.25, -0.2) is 8.78 Å². The Morgan fingerprint density at radius 2 is 2.00 bits per heavy atom. The second-order valence-electron chi connectivity index (χ2n) is 4.54. The average molecular weight is 282 g/mol. The number of halogens is 3. The molecule has 0 saturated carbocycles. The van der Waals surface area contributed by atoms with Gasteiger partial charge in [0, 0.05) is 29.9 Å². The van der Waals surface area contributed by atoms with E-state index in [4.69, 9.17) is 11.6 Å². The summed E-state index contributed by atoms with van der Waals surface area (Å²) >= 11 is 5.92. The van der Waals surface area contributed by atoms with Crippen molar-refractivity contribution in [1.82, 2.24) is 4.57 Å². The van der Waals surface area contributed by atoms with E-state index in [1.54, 1.807) is 16.8 Å². The molecule has 0 N–H and O–H groups in total. The molecule has 2 aromatic rings. The largest absolute Gasteiger partial charge is 0.316 e. The number of aromatic nitrogens is 1. The fraction of sp³-hybridized carbons (Fsp3) is 0.214. The van der Waals surface area contributed by atoms with Gasteiger partial charge < -0.3 is 4.57 Å². The number of carbonyl (C=O) groups is 1. The summed E-state index contributed by atoms with van der Waals surface area (Å²) in [7, 11) is 0. The van der Waals surface area contributed by atoms with Gasteiger partial charge in [0.05, 0.1) is 5.02 Å². The van der Waals surface area contributed by atoms with E-state index in [2.05, 4.69) is 0 Å². The molecule has 5 heteroatoms. The highest BCUT2D eigenvalue weighted by atomic mass is 35.5. The molecule has 1 aliphatic rings. The number of nitrogens with zero attached hydrogens (tertiary/aromatic N) is 1. The van der Waals surface area contributed by atoms with E-state index >= 15 is 0 Å². The second-order valence-corrected chi connectivity index (χ2v) is 4.95. The predicted octanol–water partition coefficient (Wildman–Crippen LogP) is 3.93. The fourth-order valence-electron chi connectivity index (χ4n) is 2.50. The highest BCUT2D eigenvalue weighted by Gasteiger charge is 2.23. The maximum atomic E-state index is 13.9. The first kappa shape index (κ1) is 12.4. The van der Waals surface area contributed by atoms with Crippen molar-refractivity contribution in [1.29, 1.82) is 0 Å². The monoisotopic (exact) mass is 281 g/mol. The predicted molar refractivity (Wildman–Crippen MR) is 68.0 cm³/mol. The Bertz CT molecular complexity index is 655. The lowest BCUT2D eigenvalue weighted by Crippen LogP contribution is -2.13. The van der Waals surface area contributed by atoms with Crippen LogP contribution in [0.25, 0.3) is 5.69 Å². The summed E-state index contributed by atoms with van der Waals surface area (Å²) in [6.45, 7) is 0. The van der Waals surface area contributed by atoms with Gasteiger partial charge in [-0.3, -0.25) is 4.79 Å². The molecule has 0 unspecified atom stereocenters. The van der Waals surface area contributed by atoms with Gasteiger partial charge in [0.1, 0.15) is 11.5 Å². The third-order valence-electron chi connectivity index (χ3n) is 3.33. The van der Waals surface area contributed by atoms with Crippen LogP contribution in [-0.4, -0.2) is 10.4 Å². The zero-order valence-electron chi connectivity index (χ0n) is 9.92. The van der Waals surface area contributed by atoms with Crippen molar-refractivity contribution in [2.45, 2.75) is 19.3 Å². The summed E-state index contributed by atoms with van der Waals surface area (Å²) in [6, 6.07) is 3.52. The standard InChI is InChI=1S/C14H10ClF2NO/c15-10-6-8(16)7-11(17)14(10)18-5-4-9-12(18)2-1-3-13(9)19/h4-7H,1-3H2. The molecule has 0 saturated heterocycles. The van der Waals surface area contributed by atoms with Crippen molar-refractivity contribution in [3.8, 4) is 5.69 Å². The lowest BCUT2D eigenvalue weighted by atomic mass is 9.97. The molecule has 0 aliphatic heterocycles. The molecule has 0 amide bonds. The number of Topliss-reactive ketones (excluding diaryl/α,β-unsaturated/α-hetero) is 1. The number of benzene rings is 1. The van der Waals surface area contributed by atoms with E-state index in [1.807, 2.05) is 0 Å². The molecular formula is C14H10ClF2NO. The van der Waals surface area contributed by atoms with Crippen molar-refractivity contribution >= 4 is 17.4 Å². The molecule has 19 heavy (non-hydrogen) atoms. The third-order valence-corrected chi connectivity index (χ3v) is 3.62. The minimum absolute atomic E-state index is 0.00563. The Kier molecular flexibility index (Phi) is 2.90. The second kappa shape index (κ2) is 4.46. The van der Waals surface area contributed by atoms with Crippen LogP contribution >= 0.6 is 11.6 Å². The van der Waals surface area contributed by atoms with Crippen LogP contribution in [0.4, 0.5) is 8.78 Å². The van der Waals surface area contributed by atoms with Crippen LogP contribution in [0.5, 0.6) is 0 Å². The third kappa shape index (κ3) is 1.96. The highest BCUT2D eigenvalue weighted by molar-refractivity contribution is 6.32. The summed E-state index contributed by atoms with van der Waals surface area (Å²) in [5, 5.41) is -0.00563. The summed E-state index contributed by atoms with van der Waals surface area (Å²) in [5.41, 5.74) is 1.44. The topological polar surface area (TPSA) is 22.0 Å². The fourth-order valence-corrected chi connectivity index (χ4v) is 2.78. The van der Waals surface area contributed by atoms with E-state index < -0.39 is 11.6 Å². The van der Waals surface area contributed by atoms with Gasteiger partial charge in [-0.15, -0.1) is 0 Å². The quantitative estimate of drug-likeness (QED) is 0.776. The molecule has 0 atom stereocenters. The maximum absolute atomic E-state index is 13.9. The smallest absolute Gasteiger partial charge is 0.164 e. The van der Waals surface area contributed by atoms with Crippen LogP contribution in [0, 0.1) is 11.6 Å². The van der Waals surface area contributed by atoms with Crippen LogP contribution in [-0.2, 0) is 6.42 Å². The molecule has 1 heterocycles. The van der Waals surface area contributed by atoms with Gasteiger partial charge in [0.25, 0.3) is 0 Å². The van der Waals surface area contributed by atoms with Crippen molar-refractivity contribution < 1.29 is 13.6 Å². The van der Waals surface area contributed by atoms with Gasteiger partial charge in [0.2, 0.25) is 0 Å².